The van der Waals surface area contributed by atoms with Crippen molar-refractivity contribution in [3.8, 4) is 0 Å². The zero-order valence-corrected chi connectivity index (χ0v) is 16.1. The third kappa shape index (κ3) is 3.61. The number of hydrogen-bond donors (Lipinski definition) is 0. The summed E-state index contributed by atoms with van der Waals surface area (Å²) in [6, 6.07) is 15.5. The molecule has 1 amide bonds. The number of hydrogen-bond acceptors (Lipinski definition) is 4. The van der Waals surface area contributed by atoms with E-state index in [1.54, 1.807) is 22.4 Å². The molecule has 0 atom stereocenters. The Balaban J connectivity index is 1.72. The molecule has 0 bridgehead atoms. The summed E-state index contributed by atoms with van der Waals surface area (Å²) in [5.41, 5.74) is 3.95. The molecule has 0 fully saturated rings. The van der Waals surface area contributed by atoms with Crippen LogP contribution in [0.2, 0.25) is 0 Å². The first kappa shape index (κ1) is 17.4. The lowest BCUT2D eigenvalue weighted by molar-refractivity contribution is 0.0986. The highest BCUT2D eigenvalue weighted by atomic mass is 32.1. The molecule has 0 radical (unpaired) electrons. The summed E-state index contributed by atoms with van der Waals surface area (Å²) in [5.74, 6) is -0.0452. The Hall–Kier alpha value is -2.99. The smallest absolute Gasteiger partial charge is 0.260 e. The Morgan fingerprint density at radius 2 is 1.96 bits per heavy atom. The maximum Gasteiger partial charge on any atom is 0.260 e. The van der Waals surface area contributed by atoms with E-state index in [1.807, 2.05) is 47.3 Å². The number of aromatic nitrogens is 3. The first-order chi connectivity index (χ1) is 13.1. The van der Waals surface area contributed by atoms with Gasteiger partial charge in [0.05, 0.1) is 16.8 Å². The number of rotatable bonds is 5. The topological polar surface area (TPSA) is 51.0 Å². The number of amides is 1. The van der Waals surface area contributed by atoms with E-state index in [9.17, 15) is 4.79 Å². The van der Waals surface area contributed by atoms with Crippen LogP contribution in [-0.4, -0.2) is 27.2 Å². The highest BCUT2D eigenvalue weighted by molar-refractivity contribution is 7.22. The minimum atomic E-state index is -0.0452. The Morgan fingerprint density at radius 3 is 2.70 bits per heavy atom. The third-order valence-corrected chi connectivity index (χ3v) is 5.45. The SMILES string of the molecule is Cc1cc(C)c2nc(N(CCn3cccn3)C(=O)c3ccccc3)sc2c1. The molecule has 5 nitrogen and oxygen atoms in total. The van der Waals surface area contributed by atoms with Crippen molar-refractivity contribution in [2.24, 2.45) is 0 Å². The summed E-state index contributed by atoms with van der Waals surface area (Å²) in [6.07, 6.45) is 3.64. The standard InChI is InChI=1S/C21H20N4OS/c1-15-13-16(2)19-18(14-15)27-21(23-19)25(12-11-24-10-6-9-22-24)20(26)17-7-4-3-5-8-17/h3-10,13-14H,11-12H2,1-2H3. The van der Waals surface area contributed by atoms with Crippen molar-refractivity contribution in [3.63, 3.8) is 0 Å². The Labute approximate surface area is 161 Å². The molecule has 0 spiro atoms. The predicted molar refractivity (Wildman–Crippen MR) is 109 cm³/mol. The van der Waals surface area contributed by atoms with Crippen molar-refractivity contribution in [1.29, 1.82) is 0 Å². The molecule has 4 rings (SSSR count). The molecule has 0 saturated heterocycles. The second kappa shape index (κ2) is 7.32. The van der Waals surface area contributed by atoms with Crippen LogP contribution in [0.4, 0.5) is 5.13 Å². The molecular formula is C21H20N4OS. The second-order valence-electron chi connectivity index (χ2n) is 6.52. The predicted octanol–water partition coefficient (Wildman–Crippen LogP) is 4.46. The van der Waals surface area contributed by atoms with E-state index in [-0.39, 0.29) is 5.91 Å². The van der Waals surface area contributed by atoms with Crippen LogP contribution in [0.15, 0.2) is 60.9 Å². The van der Waals surface area contributed by atoms with Gasteiger partial charge < -0.3 is 0 Å². The van der Waals surface area contributed by atoms with E-state index in [1.165, 1.54) is 5.56 Å². The molecular weight excluding hydrogens is 356 g/mol. The van der Waals surface area contributed by atoms with Crippen molar-refractivity contribution in [1.82, 2.24) is 14.8 Å². The van der Waals surface area contributed by atoms with Crippen molar-refractivity contribution in [2.75, 3.05) is 11.4 Å². The van der Waals surface area contributed by atoms with E-state index >= 15 is 0 Å². The fourth-order valence-corrected chi connectivity index (χ4v) is 4.30. The number of carbonyl (C=O) groups is 1. The van der Waals surface area contributed by atoms with E-state index in [2.05, 4.69) is 31.1 Å². The van der Waals surface area contributed by atoms with Crippen LogP contribution in [-0.2, 0) is 6.54 Å². The zero-order chi connectivity index (χ0) is 18.8. The van der Waals surface area contributed by atoms with Crippen LogP contribution < -0.4 is 4.90 Å². The average molecular weight is 376 g/mol. The van der Waals surface area contributed by atoms with E-state index in [0.717, 1.165) is 20.9 Å². The summed E-state index contributed by atoms with van der Waals surface area (Å²) in [4.78, 5) is 19.8. The third-order valence-electron chi connectivity index (χ3n) is 4.43. The van der Waals surface area contributed by atoms with Gasteiger partial charge in [0.15, 0.2) is 5.13 Å². The Morgan fingerprint density at radius 1 is 1.15 bits per heavy atom. The van der Waals surface area contributed by atoms with Crippen LogP contribution in [0.25, 0.3) is 10.2 Å². The van der Waals surface area contributed by atoms with Gasteiger partial charge in [0.25, 0.3) is 5.91 Å². The fraction of sp³-hybridized carbons (Fsp3) is 0.190. The normalized spacial score (nSPS) is 11.0. The summed E-state index contributed by atoms with van der Waals surface area (Å²) in [5, 5.41) is 4.97. The van der Waals surface area contributed by atoms with Crippen LogP contribution >= 0.6 is 11.3 Å². The van der Waals surface area contributed by atoms with Crippen molar-refractivity contribution < 1.29 is 4.79 Å². The van der Waals surface area contributed by atoms with Crippen LogP contribution in [0.1, 0.15) is 21.5 Å². The molecule has 0 unspecified atom stereocenters. The van der Waals surface area contributed by atoms with Gasteiger partial charge in [-0.05, 0) is 49.2 Å². The van der Waals surface area contributed by atoms with Gasteiger partial charge in [-0.2, -0.15) is 5.10 Å². The summed E-state index contributed by atoms with van der Waals surface area (Å²) in [7, 11) is 0. The number of aryl methyl sites for hydroxylation is 2. The lowest BCUT2D eigenvalue weighted by Gasteiger charge is -2.20. The number of anilines is 1. The largest absolute Gasteiger partial charge is 0.282 e. The molecule has 2 aromatic heterocycles. The Kier molecular flexibility index (Phi) is 4.73. The van der Waals surface area contributed by atoms with Gasteiger partial charge in [-0.15, -0.1) is 0 Å². The average Bonchev–Trinajstić information content (AvgIpc) is 3.32. The maximum atomic E-state index is 13.2. The van der Waals surface area contributed by atoms with E-state index in [0.29, 0.717) is 18.7 Å². The van der Waals surface area contributed by atoms with Crippen LogP contribution in [0, 0.1) is 13.8 Å². The number of fused-ring (bicyclic) bond motifs is 1. The highest BCUT2D eigenvalue weighted by Gasteiger charge is 2.21. The molecule has 6 heteroatoms. The minimum Gasteiger partial charge on any atom is -0.282 e. The Bertz CT molecular complexity index is 1070. The molecule has 2 heterocycles. The first-order valence-electron chi connectivity index (χ1n) is 8.84. The fourth-order valence-electron chi connectivity index (χ4n) is 3.13. The molecule has 4 aromatic rings. The summed E-state index contributed by atoms with van der Waals surface area (Å²) >= 11 is 1.56. The molecule has 2 aromatic carbocycles. The summed E-state index contributed by atoms with van der Waals surface area (Å²) < 4.78 is 2.93. The second-order valence-corrected chi connectivity index (χ2v) is 7.53. The molecule has 0 aliphatic heterocycles. The van der Waals surface area contributed by atoms with Crippen molar-refractivity contribution in [3.05, 3.63) is 77.6 Å². The summed E-state index contributed by atoms with van der Waals surface area (Å²) in [6.45, 7) is 5.26. The monoisotopic (exact) mass is 376 g/mol. The van der Waals surface area contributed by atoms with Gasteiger partial charge in [-0.25, -0.2) is 4.98 Å². The van der Waals surface area contributed by atoms with Gasteiger partial charge in [-0.1, -0.05) is 35.6 Å². The molecule has 27 heavy (non-hydrogen) atoms. The molecule has 0 N–H and O–H groups in total. The molecule has 0 saturated carbocycles. The van der Waals surface area contributed by atoms with Gasteiger partial charge in [0.2, 0.25) is 0 Å². The molecule has 136 valence electrons. The number of nitrogens with zero attached hydrogens (tertiary/aromatic N) is 4. The highest BCUT2D eigenvalue weighted by Crippen LogP contribution is 2.32. The van der Waals surface area contributed by atoms with E-state index < -0.39 is 0 Å². The van der Waals surface area contributed by atoms with Gasteiger partial charge >= 0.3 is 0 Å². The van der Waals surface area contributed by atoms with Crippen molar-refractivity contribution in [2.45, 2.75) is 20.4 Å². The molecule has 0 aliphatic rings. The lowest BCUT2D eigenvalue weighted by atomic mass is 10.1. The van der Waals surface area contributed by atoms with Gasteiger partial charge in [-0.3, -0.25) is 14.4 Å². The van der Waals surface area contributed by atoms with Crippen molar-refractivity contribution >= 4 is 32.6 Å². The first-order valence-corrected chi connectivity index (χ1v) is 9.65. The quantitative estimate of drug-likeness (QED) is 0.517. The van der Waals surface area contributed by atoms with Gasteiger partial charge in [0, 0.05) is 24.5 Å². The molecule has 0 aliphatic carbocycles. The number of thiazole rings is 1. The lowest BCUT2D eigenvalue weighted by Crippen LogP contribution is -2.34. The van der Waals surface area contributed by atoms with E-state index in [4.69, 9.17) is 4.98 Å². The van der Waals surface area contributed by atoms with Crippen LogP contribution in [0.3, 0.4) is 0 Å². The minimum absolute atomic E-state index is 0.0452. The maximum absolute atomic E-state index is 13.2. The number of benzene rings is 2. The zero-order valence-electron chi connectivity index (χ0n) is 15.3. The number of carbonyl (C=O) groups excluding carboxylic acids is 1. The van der Waals surface area contributed by atoms with Crippen LogP contribution in [0.5, 0.6) is 0 Å². The van der Waals surface area contributed by atoms with Gasteiger partial charge in [0.1, 0.15) is 0 Å².